The largest absolute Gasteiger partial charge is 0.353 e. The predicted octanol–water partition coefficient (Wildman–Crippen LogP) is 2.80. The Kier molecular flexibility index (Phi) is 5.50. The molecule has 0 spiro atoms. The van der Waals surface area contributed by atoms with Crippen LogP contribution in [-0.4, -0.2) is 76.5 Å². The normalized spacial score (nSPS) is 18.5. The summed E-state index contributed by atoms with van der Waals surface area (Å²) >= 11 is 6.35. The third kappa shape index (κ3) is 3.70. The Morgan fingerprint density at radius 2 is 1.84 bits per heavy atom. The molecule has 1 amide bonds. The van der Waals surface area contributed by atoms with E-state index in [-0.39, 0.29) is 11.7 Å². The molecule has 1 atom stereocenters. The van der Waals surface area contributed by atoms with E-state index < -0.39 is 6.23 Å². The summed E-state index contributed by atoms with van der Waals surface area (Å²) in [7, 11) is 3.62. The fraction of sp³-hybridized carbons (Fsp3) is 0.304. The van der Waals surface area contributed by atoms with E-state index >= 15 is 0 Å². The smallest absolute Gasteiger partial charge is 0.293 e. The predicted molar refractivity (Wildman–Crippen MR) is 122 cm³/mol. The summed E-state index contributed by atoms with van der Waals surface area (Å²) in [5.41, 5.74) is 3.20. The van der Waals surface area contributed by atoms with Crippen molar-refractivity contribution in [3.8, 4) is 5.69 Å². The summed E-state index contributed by atoms with van der Waals surface area (Å²) in [6.45, 7) is 2.95. The van der Waals surface area contributed by atoms with Crippen LogP contribution in [0.1, 0.15) is 33.8 Å². The van der Waals surface area contributed by atoms with Gasteiger partial charge in [-0.15, -0.1) is 5.10 Å². The van der Waals surface area contributed by atoms with E-state index in [9.17, 15) is 4.79 Å². The molecule has 1 fully saturated rings. The molecule has 3 aromatic rings. The first kappa shape index (κ1) is 20.8. The number of piperazine rings is 1. The number of likely N-dealkylation sites (N-methyl/N-ethyl adjacent to an activating group) is 1. The van der Waals surface area contributed by atoms with Crippen molar-refractivity contribution < 1.29 is 9.53 Å². The SMILES string of the molecule is COC1N=C(c2ccccc2)c2cc(Cl)ccc2-n2nc(C(=O)N3CCN(C)CC3)nc21. The number of hydrogen-bond acceptors (Lipinski definition) is 6. The summed E-state index contributed by atoms with van der Waals surface area (Å²) < 4.78 is 7.34. The van der Waals surface area contributed by atoms with E-state index in [0.29, 0.717) is 23.9 Å². The molecule has 2 aliphatic heterocycles. The van der Waals surface area contributed by atoms with Crippen LogP contribution in [0.15, 0.2) is 53.5 Å². The fourth-order valence-corrected chi connectivity index (χ4v) is 4.19. The fourth-order valence-electron chi connectivity index (χ4n) is 4.01. The number of amides is 1. The number of nitrogens with zero attached hydrogens (tertiary/aromatic N) is 6. The third-order valence-corrected chi connectivity index (χ3v) is 6.03. The number of carbonyl (C=O) groups excluding carboxylic acids is 1. The Hall–Kier alpha value is -3.07. The number of ether oxygens (including phenoxy) is 1. The van der Waals surface area contributed by atoms with Gasteiger partial charge in [-0.2, -0.15) is 0 Å². The average Bonchev–Trinajstić information content (AvgIpc) is 3.20. The lowest BCUT2D eigenvalue weighted by molar-refractivity contribution is 0.0651. The Morgan fingerprint density at radius 3 is 2.56 bits per heavy atom. The third-order valence-electron chi connectivity index (χ3n) is 5.79. The van der Waals surface area contributed by atoms with Crippen molar-refractivity contribution in [3.63, 3.8) is 0 Å². The highest BCUT2D eigenvalue weighted by molar-refractivity contribution is 6.31. The van der Waals surface area contributed by atoms with Gasteiger partial charge in [0.1, 0.15) is 0 Å². The maximum Gasteiger partial charge on any atom is 0.293 e. The van der Waals surface area contributed by atoms with E-state index in [1.54, 1.807) is 22.8 Å². The number of halogens is 1. The van der Waals surface area contributed by atoms with Gasteiger partial charge in [0.25, 0.3) is 5.91 Å². The quantitative estimate of drug-likeness (QED) is 0.613. The lowest BCUT2D eigenvalue weighted by Gasteiger charge is -2.31. The van der Waals surface area contributed by atoms with Gasteiger partial charge in [-0.05, 0) is 25.2 Å². The number of rotatable bonds is 3. The number of hydrogen-bond donors (Lipinski definition) is 0. The molecule has 5 rings (SSSR count). The monoisotopic (exact) mass is 450 g/mol. The second-order valence-electron chi connectivity index (χ2n) is 7.89. The van der Waals surface area contributed by atoms with E-state index in [2.05, 4.69) is 15.0 Å². The van der Waals surface area contributed by atoms with Gasteiger partial charge in [-0.25, -0.2) is 14.7 Å². The molecule has 0 aliphatic carbocycles. The van der Waals surface area contributed by atoms with Crippen molar-refractivity contribution in [1.29, 1.82) is 0 Å². The van der Waals surface area contributed by atoms with Crippen LogP contribution >= 0.6 is 11.6 Å². The highest BCUT2D eigenvalue weighted by atomic mass is 35.5. The Balaban J connectivity index is 1.62. The van der Waals surface area contributed by atoms with Crippen LogP contribution in [0.3, 0.4) is 0 Å². The van der Waals surface area contributed by atoms with E-state index in [1.807, 2.05) is 49.5 Å². The van der Waals surface area contributed by atoms with E-state index in [4.69, 9.17) is 21.3 Å². The van der Waals surface area contributed by atoms with Crippen molar-refractivity contribution in [3.05, 3.63) is 76.3 Å². The van der Waals surface area contributed by atoms with Gasteiger partial charge in [-0.3, -0.25) is 4.79 Å². The van der Waals surface area contributed by atoms with Crippen LogP contribution in [-0.2, 0) is 4.74 Å². The lowest BCUT2D eigenvalue weighted by atomic mass is 10.0. The molecule has 0 radical (unpaired) electrons. The minimum atomic E-state index is -0.724. The molecule has 2 aromatic carbocycles. The zero-order valence-corrected chi connectivity index (χ0v) is 18.7. The zero-order valence-electron chi connectivity index (χ0n) is 17.9. The number of carbonyl (C=O) groups is 1. The number of aliphatic imine (C=N–C) groups is 1. The number of fused-ring (bicyclic) bond motifs is 3. The molecular formula is C23H23ClN6O2. The average molecular weight is 451 g/mol. The molecule has 9 heteroatoms. The van der Waals surface area contributed by atoms with Crippen LogP contribution < -0.4 is 0 Å². The molecular weight excluding hydrogens is 428 g/mol. The molecule has 0 bridgehead atoms. The van der Waals surface area contributed by atoms with Crippen LogP contribution in [0.2, 0.25) is 5.02 Å². The summed E-state index contributed by atoms with van der Waals surface area (Å²) in [6, 6.07) is 15.4. The molecule has 1 saturated heterocycles. The molecule has 3 heterocycles. The number of methoxy groups -OCH3 is 1. The summed E-state index contributed by atoms with van der Waals surface area (Å²) in [4.78, 5) is 26.6. The van der Waals surface area contributed by atoms with E-state index in [1.165, 1.54) is 0 Å². The summed E-state index contributed by atoms with van der Waals surface area (Å²) in [5.74, 6) is 0.418. The first-order chi connectivity index (χ1) is 15.5. The van der Waals surface area contributed by atoms with Gasteiger partial charge in [0, 0.05) is 49.4 Å². The minimum Gasteiger partial charge on any atom is -0.353 e. The second-order valence-corrected chi connectivity index (χ2v) is 8.33. The van der Waals surface area contributed by atoms with Gasteiger partial charge in [-0.1, -0.05) is 41.9 Å². The van der Waals surface area contributed by atoms with Crippen LogP contribution in [0.5, 0.6) is 0 Å². The number of benzene rings is 2. The molecule has 8 nitrogen and oxygen atoms in total. The zero-order chi connectivity index (χ0) is 22.2. The topological polar surface area (TPSA) is 75.8 Å². The number of aromatic nitrogens is 3. The molecule has 0 N–H and O–H groups in total. The highest BCUT2D eigenvalue weighted by Crippen LogP contribution is 2.31. The summed E-state index contributed by atoms with van der Waals surface area (Å²) in [5, 5.41) is 5.19. The van der Waals surface area contributed by atoms with Crippen LogP contribution in [0.4, 0.5) is 0 Å². The van der Waals surface area contributed by atoms with Crippen LogP contribution in [0, 0.1) is 0 Å². The molecule has 32 heavy (non-hydrogen) atoms. The van der Waals surface area contributed by atoms with Crippen molar-refractivity contribution >= 4 is 23.2 Å². The second kappa shape index (κ2) is 8.46. The molecule has 164 valence electrons. The van der Waals surface area contributed by atoms with Gasteiger partial charge < -0.3 is 14.5 Å². The first-order valence-corrected chi connectivity index (χ1v) is 10.8. The maximum atomic E-state index is 13.1. The van der Waals surface area contributed by atoms with Gasteiger partial charge in [0.2, 0.25) is 12.1 Å². The minimum absolute atomic E-state index is 0.144. The van der Waals surface area contributed by atoms with E-state index in [0.717, 1.165) is 35.6 Å². The van der Waals surface area contributed by atoms with Gasteiger partial charge in [0.05, 0.1) is 11.4 Å². The Bertz CT molecular complexity index is 1180. The Morgan fingerprint density at radius 1 is 1.09 bits per heavy atom. The van der Waals surface area contributed by atoms with Gasteiger partial charge >= 0.3 is 0 Å². The molecule has 1 unspecified atom stereocenters. The van der Waals surface area contributed by atoms with Crippen molar-refractivity contribution in [2.75, 3.05) is 40.3 Å². The Labute approximate surface area is 191 Å². The first-order valence-electron chi connectivity index (χ1n) is 10.5. The van der Waals surface area contributed by atoms with Crippen LogP contribution in [0.25, 0.3) is 5.69 Å². The highest BCUT2D eigenvalue weighted by Gasteiger charge is 2.31. The van der Waals surface area contributed by atoms with Crippen molar-refractivity contribution in [2.45, 2.75) is 6.23 Å². The maximum absolute atomic E-state index is 13.1. The molecule has 0 saturated carbocycles. The standard InChI is InChI=1S/C23H23ClN6O2/c1-28-10-12-29(13-11-28)23(31)20-26-21-22(32-2)25-19(15-6-4-3-5-7-15)17-14-16(24)8-9-18(17)30(21)27-20/h3-9,14,22H,10-13H2,1-2H3. The van der Waals surface area contributed by atoms with Crippen molar-refractivity contribution in [2.24, 2.45) is 4.99 Å². The molecule has 1 aromatic heterocycles. The van der Waals surface area contributed by atoms with Crippen molar-refractivity contribution in [1.82, 2.24) is 24.6 Å². The molecule has 2 aliphatic rings. The summed E-state index contributed by atoms with van der Waals surface area (Å²) in [6.07, 6.45) is -0.724. The van der Waals surface area contributed by atoms with Gasteiger partial charge in [0.15, 0.2) is 5.82 Å². The lowest BCUT2D eigenvalue weighted by Crippen LogP contribution is -2.47.